The summed E-state index contributed by atoms with van der Waals surface area (Å²) in [6.45, 7) is 2.02. The molecule has 0 bridgehead atoms. The molecule has 0 radical (unpaired) electrons. The molecule has 128 valence electrons. The van der Waals surface area contributed by atoms with Gasteiger partial charge in [-0.2, -0.15) is 0 Å². The Morgan fingerprint density at radius 3 is 1.85 bits per heavy atom. The molecule has 0 saturated heterocycles. The highest BCUT2D eigenvalue weighted by Crippen LogP contribution is 2.43. The maximum atomic E-state index is 12.7. The quantitative estimate of drug-likeness (QED) is 0.466. The van der Waals surface area contributed by atoms with Gasteiger partial charge in [-0.05, 0) is 64.8 Å². The number of para-hydroxylation sites is 2. The first kappa shape index (κ1) is 16.7. The molecule has 0 saturated carbocycles. The van der Waals surface area contributed by atoms with Gasteiger partial charge in [0.25, 0.3) is 0 Å². The summed E-state index contributed by atoms with van der Waals surface area (Å²) in [5.74, 6) is -0.318. The van der Waals surface area contributed by atoms with Gasteiger partial charge in [0.05, 0.1) is 23.5 Å². The molecule has 4 heteroatoms. The van der Waals surface area contributed by atoms with Crippen molar-refractivity contribution in [3.63, 3.8) is 0 Å². The average Bonchev–Trinajstić information content (AvgIpc) is 2.63. The lowest BCUT2D eigenvalue weighted by atomic mass is 9.94. The fraction of sp³-hybridized carbons (Fsp3) is 0.0909. The van der Waals surface area contributed by atoms with Crippen molar-refractivity contribution in [2.75, 3.05) is 4.90 Å². The standard InChI is InChI=1S/C22H16BrNO2/c1-14-10-11-20(17(23)12-14)24-18-8-4-2-6-15(18)21(25)13-22(26)16-7-3-5-9-19(16)24/h2-12H,13H2,1H3. The third-order valence-corrected chi connectivity index (χ3v) is 5.19. The van der Waals surface area contributed by atoms with Gasteiger partial charge in [0.2, 0.25) is 0 Å². The first-order chi connectivity index (χ1) is 12.6. The molecule has 0 unspecified atom stereocenters. The molecule has 4 rings (SSSR count). The van der Waals surface area contributed by atoms with Crippen molar-refractivity contribution in [1.29, 1.82) is 0 Å². The Morgan fingerprint density at radius 1 is 0.769 bits per heavy atom. The second kappa shape index (κ2) is 6.54. The number of carbonyl (C=O) groups excluding carboxylic acids is 2. The van der Waals surface area contributed by atoms with Crippen LogP contribution in [-0.4, -0.2) is 11.6 Å². The molecule has 1 aliphatic rings. The summed E-state index contributed by atoms with van der Waals surface area (Å²) in [7, 11) is 0. The molecular weight excluding hydrogens is 390 g/mol. The molecule has 3 nitrogen and oxygen atoms in total. The lowest BCUT2D eigenvalue weighted by molar-refractivity contribution is 0.0894. The van der Waals surface area contributed by atoms with E-state index in [4.69, 9.17) is 0 Å². The van der Waals surface area contributed by atoms with E-state index in [1.165, 1.54) is 0 Å². The Hall–Kier alpha value is -2.72. The number of ketones is 2. The van der Waals surface area contributed by atoms with Crippen LogP contribution >= 0.6 is 15.9 Å². The average molecular weight is 406 g/mol. The van der Waals surface area contributed by atoms with E-state index < -0.39 is 0 Å². The number of Topliss-reactive ketones (excluding diaryl/α,β-unsaturated/α-hetero) is 2. The van der Waals surface area contributed by atoms with Gasteiger partial charge in [-0.1, -0.05) is 30.3 Å². The van der Waals surface area contributed by atoms with Gasteiger partial charge in [-0.15, -0.1) is 0 Å². The van der Waals surface area contributed by atoms with Crippen molar-refractivity contribution in [2.45, 2.75) is 13.3 Å². The third kappa shape index (κ3) is 2.76. The van der Waals surface area contributed by atoms with Crippen LogP contribution in [0.3, 0.4) is 0 Å². The Morgan fingerprint density at radius 2 is 1.31 bits per heavy atom. The molecule has 0 aromatic heterocycles. The van der Waals surface area contributed by atoms with Gasteiger partial charge in [-0.3, -0.25) is 9.59 Å². The molecule has 0 atom stereocenters. The van der Waals surface area contributed by atoms with E-state index in [9.17, 15) is 9.59 Å². The first-order valence-electron chi connectivity index (χ1n) is 8.37. The summed E-state index contributed by atoms with van der Waals surface area (Å²) in [6, 6.07) is 21.0. The van der Waals surface area contributed by atoms with Crippen molar-refractivity contribution in [1.82, 2.24) is 0 Å². The van der Waals surface area contributed by atoms with Gasteiger partial charge < -0.3 is 4.90 Å². The summed E-state index contributed by atoms with van der Waals surface area (Å²) in [5.41, 5.74) is 4.69. The van der Waals surface area contributed by atoms with Crippen LogP contribution in [0, 0.1) is 6.92 Å². The van der Waals surface area contributed by atoms with Crippen LogP contribution in [0.5, 0.6) is 0 Å². The fourth-order valence-corrected chi connectivity index (χ4v) is 4.00. The zero-order valence-corrected chi connectivity index (χ0v) is 15.8. The van der Waals surface area contributed by atoms with Gasteiger partial charge in [0, 0.05) is 15.6 Å². The van der Waals surface area contributed by atoms with Crippen LogP contribution in [-0.2, 0) is 0 Å². The van der Waals surface area contributed by atoms with E-state index >= 15 is 0 Å². The molecule has 0 aliphatic carbocycles. The molecule has 0 spiro atoms. The van der Waals surface area contributed by atoms with Crippen LogP contribution in [0.2, 0.25) is 0 Å². The summed E-state index contributed by atoms with van der Waals surface area (Å²) >= 11 is 3.65. The van der Waals surface area contributed by atoms with E-state index in [1.807, 2.05) is 66.4 Å². The lowest BCUT2D eigenvalue weighted by Crippen LogP contribution is -2.22. The van der Waals surface area contributed by atoms with E-state index in [0.717, 1.165) is 27.1 Å². The highest BCUT2D eigenvalue weighted by molar-refractivity contribution is 9.10. The van der Waals surface area contributed by atoms with Gasteiger partial charge in [0.1, 0.15) is 0 Å². The molecule has 1 heterocycles. The Kier molecular flexibility index (Phi) is 4.21. The minimum absolute atomic E-state index is 0.114. The number of hydrogen-bond acceptors (Lipinski definition) is 3. The number of carbonyl (C=O) groups is 2. The zero-order chi connectivity index (χ0) is 18.3. The molecule has 0 amide bonds. The molecule has 3 aromatic carbocycles. The maximum Gasteiger partial charge on any atom is 0.172 e. The summed E-state index contributed by atoms with van der Waals surface area (Å²) < 4.78 is 0.905. The molecule has 0 N–H and O–H groups in total. The second-order valence-corrected chi connectivity index (χ2v) is 7.20. The summed E-state index contributed by atoms with van der Waals surface area (Å²) in [5, 5.41) is 0. The Balaban J connectivity index is 2.07. The number of halogens is 1. The molecule has 0 fully saturated rings. The van der Waals surface area contributed by atoms with Crippen LogP contribution < -0.4 is 4.90 Å². The summed E-state index contributed by atoms with van der Waals surface area (Å²) in [4.78, 5) is 27.5. The van der Waals surface area contributed by atoms with Crippen LogP contribution in [0.25, 0.3) is 0 Å². The minimum atomic E-state index is -0.159. The fourth-order valence-electron chi connectivity index (χ4n) is 3.33. The van der Waals surface area contributed by atoms with E-state index in [-0.39, 0.29) is 18.0 Å². The maximum absolute atomic E-state index is 12.7. The van der Waals surface area contributed by atoms with E-state index in [0.29, 0.717) is 11.1 Å². The predicted octanol–water partition coefficient (Wildman–Crippen LogP) is 6.00. The van der Waals surface area contributed by atoms with Crippen molar-refractivity contribution in [2.24, 2.45) is 0 Å². The molecular formula is C22H16BrNO2. The van der Waals surface area contributed by atoms with E-state index in [2.05, 4.69) is 15.9 Å². The lowest BCUT2D eigenvalue weighted by Gasteiger charge is -2.31. The Labute approximate surface area is 160 Å². The zero-order valence-electron chi connectivity index (χ0n) is 14.2. The van der Waals surface area contributed by atoms with Crippen molar-refractivity contribution in [3.8, 4) is 0 Å². The molecule has 1 aliphatic heterocycles. The predicted molar refractivity (Wildman–Crippen MR) is 107 cm³/mol. The van der Waals surface area contributed by atoms with Crippen molar-refractivity contribution < 1.29 is 9.59 Å². The van der Waals surface area contributed by atoms with Gasteiger partial charge >= 0.3 is 0 Å². The highest BCUT2D eigenvalue weighted by atomic mass is 79.9. The van der Waals surface area contributed by atoms with Crippen molar-refractivity contribution >= 4 is 44.6 Å². The Bertz CT molecular complexity index is 984. The van der Waals surface area contributed by atoms with Crippen LogP contribution in [0.1, 0.15) is 32.7 Å². The van der Waals surface area contributed by atoms with Gasteiger partial charge in [-0.25, -0.2) is 0 Å². The van der Waals surface area contributed by atoms with Gasteiger partial charge in [0.15, 0.2) is 11.6 Å². The number of anilines is 3. The largest absolute Gasteiger partial charge is 0.308 e. The number of benzene rings is 3. The number of aryl methyl sites for hydroxylation is 1. The SMILES string of the molecule is Cc1ccc(N2c3ccccc3C(=O)CC(=O)c3ccccc32)c(Br)c1. The normalized spacial score (nSPS) is 13.7. The molecule has 26 heavy (non-hydrogen) atoms. The summed E-state index contributed by atoms with van der Waals surface area (Å²) in [6.07, 6.45) is -0.114. The monoisotopic (exact) mass is 405 g/mol. The third-order valence-electron chi connectivity index (χ3n) is 4.56. The highest BCUT2D eigenvalue weighted by Gasteiger charge is 2.28. The minimum Gasteiger partial charge on any atom is -0.308 e. The smallest absolute Gasteiger partial charge is 0.172 e. The van der Waals surface area contributed by atoms with Crippen molar-refractivity contribution in [3.05, 3.63) is 87.9 Å². The first-order valence-corrected chi connectivity index (χ1v) is 9.16. The second-order valence-electron chi connectivity index (χ2n) is 6.35. The number of nitrogens with zero attached hydrogens (tertiary/aromatic N) is 1. The number of hydrogen-bond donors (Lipinski definition) is 0. The number of rotatable bonds is 1. The van der Waals surface area contributed by atoms with E-state index in [1.54, 1.807) is 12.1 Å². The van der Waals surface area contributed by atoms with Crippen LogP contribution in [0.4, 0.5) is 17.1 Å². The number of fused-ring (bicyclic) bond motifs is 2. The molecule has 3 aromatic rings. The topological polar surface area (TPSA) is 37.4 Å². The van der Waals surface area contributed by atoms with Crippen LogP contribution in [0.15, 0.2) is 71.2 Å².